The minimum Gasteiger partial charge on any atom is -0.497 e. The first-order valence-electron chi connectivity index (χ1n) is 9.42. The molecule has 29 heavy (non-hydrogen) atoms. The van der Waals surface area contributed by atoms with Crippen LogP contribution in [-0.4, -0.2) is 40.7 Å². The van der Waals surface area contributed by atoms with Crippen molar-refractivity contribution >= 4 is 5.91 Å². The molecular weight excluding hydrogens is 370 g/mol. The van der Waals surface area contributed by atoms with Gasteiger partial charge in [-0.05, 0) is 45.0 Å². The summed E-state index contributed by atoms with van der Waals surface area (Å²) in [6.45, 7) is 6.03. The lowest BCUT2D eigenvalue weighted by Crippen LogP contribution is -2.39. The number of hydrogen-bond acceptors (Lipinski definition) is 6. The number of methoxy groups -OCH3 is 1. The van der Waals surface area contributed by atoms with Crippen molar-refractivity contribution in [3.8, 4) is 22.9 Å². The number of aryl methyl sites for hydroxylation is 1. The molecule has 0 aliphatic heterocycles. The molecule has 0 bridgehead atoms. The lowest BCUT2D eigenvalue weighted by Gasteiger charge is -2.25. The summed E-state index contributed by atoms with van der Waals surface area (Å²) in [4.78, 5) is 18.8. The van der Waals surface area contributed by atoms with Crippen molar-refractivity contribution in [1.82, 2.24) is 15.0 Å². The summed E-state index contributed by atoms with van der Waals surface area (Å²) in [5, 5.41) is 4.03. The van der Waals surface area contributed by atoms with Crippen LogP contribution in [0.25, 0.3) is 11.4 Å². The molecule has 152 valence electrons. The fraction of sp³-hybridized carbons (Fsp3) is 0.318. The molecule has 0 unspecified atom stereocenters. The summed E-state index contributed by atoms with van der Waals surface area (Å²) in [5.41, 5.74) is 2.03. The number of hydrogen-bond donors (Lipinski definition) is 0. The van der Waals surface area contributed by atoms with Gasteiger partial charge in [0.15, 0.2) is 6.61 Å². The van der Waals surface area contributed by atoms with E-state index in [4.69, 9.17) is 14.0 Å². The highest BCUT2D eigenvalue weighted by Crippen LogP contribution is 2.19. The highest BCUT2D eigenvalue weighted by molar-refractivity contribution is 5.78. The molecule has 0 N–H and O–H groups in total. The van der Waals surface area contributed by atoms with Gasteiger partial charge in [0.2, 0.25) is 11.7 Å². The van der Waals surface area contributed by atoms with Gasteiger partial charge in [-0.1, -0.05) is 35.0 Å². The molecule has 0 saturated carbocycles. The third-order valence-corrected chi connectivity index (χ3v) is 4.45. The number of carbonyl (C=O) groups excluding carboxylic acids is 1. The quantitative estimate of drug-likeness (QED) is 0.576. The van der Waals surface area contributed by atoms with E-state index in [2.05, 4.69) is 10.1 Å². The molecule has 1 aromatic heterocycles. The first-order valence-corrected chi connectivity index (χ1v) is 9.42. The van der Waals surface area contributed by atoms with E-state index in [1.807, 2.05) is 45.0 Å². The van der Waals surface area contributed by atoms with Crippen LogP contribution in [0.2, 0.25) is 0 Å². The van der Waals surface area contributed by atoms with Gasteiger partial charge in [-0.15, -0.1) is 0 Å². The van der Waals surface area contributed by atoms with E-state index in [-0.39, 0.29) is 25.1 Å². The highest BCUT2D eigenvalue weighted by atomic mass is 16.5. The van der Waals surface area contributed by atoms with Crippen LogP contribution in [0, 0.1) is 6.92 Å². The number of ether oxygens (including phenoxy) is 2. The summed E-state index contributed by atoms with van der Waals surface area (Å²) in [6, 6.07) is 14.9. The molecule has 0 aliphatic rings. The predicted octanol–water partition coefficient (Wildman–Crippen LogP) is 3.87. The molecule has 0 saturated heterocycles. The van der Waals surface area contributed by atoms with Crippen LogP contribution in [-0.2, 0) is 11.3 Å². The zero-order valence-electron chi connectivity index (χ0n) is 17.1. The number of benzene rings is 2. The first kappa shape index (κ1) is 20.4. The van der Waals surface area contributed by atoms with E-state index in [1.165, 1.54) is 0 Å². The third-order valence-electron chi connectivity index (χ3n) is 4.45. The second kappa shape index (κ2) is 9.23. The molecule has 2 aromatic carbocycles. The van der Waals surface area contributed by atoms with Gasteiger partial charge >= 0.3 is 0 Å². The fourth-order valence-electron chi connectivity index (χ4n) is 2.74. The molecule has 0 spiro atoms. The fourth-order valence-corrected chi connectivity index (χ4v) is 2.74. The molecule has 3 aromatic rings. The Balaban J connectivity index is 1.63. The minimum absolute atomic E-state index is 0.0447. The maximum atomic E-state index is 12.7. The topological polar surface area (TPSA) is 77.7 Å². The molecule has 7 heteroatoms. The summed E-state index contributed by atoms with van der Waals surface area (Å²) in [5.74, 6) is 2.05. The minimum atomic E-state index is -0.161. The van der Waals surface area contributed by atoms with E-state index in [9.17, 15) is 4.79 Å². The molecule has 3 rings (SSSR count). The van der Waals surface area contributed by atoms with Gasteiger partial charge in [0.05, 0.1) is 7.11 Å². The van der Waals surface area contributed by atoms with E-state index < -0.39 is 0 Å². The summed E-state index contributed by atoms with van der Waals surface area (Å²) in [6.07, 6.45) is 0. The van der Waals surface area contributed by atoms with Gasteiger partial charge in [-0.2, -0.15) is 4.98 Å². The Bertz CT molecular complexity index is 933. The first-order chi connectivity index (χ1) is 14.0. The largest absolute Gasteiger partial charge is 0.497 e. The van der Waals surface area contributed by atoms with Crippen LogP contribution in [0.15, 0.2) is 53.1 Å². The van der Waals surface area contributed by atoms with Gasteiger partial charge in [0, 0.05) is 11.6 Å². The Morgan fingerprint density at radius 3 is 2.34 bits per heavy atom. The van der Waals surface area contributed by atoms with Crippen LogP contribution < -0.4 is 9.47 Å². The lowest BCUT2D eigenvalue weighted by molar-refractivity contribution is -0.136. The number of rotatable bonds is 8. The Hall–Kier alpha value is -3.35. The predicted molar refractivity (Wildman–Crippen MR) is 109 cm³/mol. The third kappa shape index (κ3) is 5.34. The van der Waals surface area contributed by atoms with Gasteiger partial charge in [0.25, 0.3) is 5.91 Å². The second-order valence-electron chi connectivity index (χ2n) is 6.96. The van der Waals surface area contributed by atoms with Crippen LogP contribution in [0.4, 0.5) is 0 Å². The van der Waals surface area contributed by atoms with E-state index in [0.29, 0.717) is 17.5 Å². The summed E-state index contributed by atoms with van der Waals surface area (Å²) < 4.78 is 16.1. The summed E-state index contributed by atoms with van der Waals surface area (Å²) >= 11 is 0. The van der Waals surface area contributed by atoms with E-state index >= 15 is 0 Å². The monoisotopic (exact) mass is 395 g/mol. The van der Waals surface area contributed by atoms with Crippen molar-refractivity contribution in [3.63, 3.8) is 0 Å². The molecule has 1 heterocycles. The molecule has 7 nitrogen and oxygen atoms in total. The highest BCUT2D eigenvalue weighted by Gasteiger charge is 2.21. The van der Waals surface area contributed by atoms with Gasteiger partial charge < -0.3 is 18.9 Å². The van der Waals surface area contributed by atoms with E-state index in [1.54, 1.807) is 36.3 Å². The molecule has 0 aliphatic carbocycles. The van der Waals surface area contributed by atoms with E-state index in [0.717, 1.165) is 16.9 Å². The maximum absolute atomic E-state index is 12.7. The SMILES string of the molecule is COc1ccc(OCC(=O)N(Cc2nc(-c3ccc(C)cc3)no2)C(C)C)cc1. The number of aromatic nitrogens is 2. The maximum Gasteiger partial charge on any atom is 0.261 e. The molecule has 1 amide bonds. The normalized spacial score (nSPS) is 10.8. The number of nitrogens with zero attached hydrogens (tertiary/aromatic N) is 3. The van der Waals surface area contributed by atoms with Crippen molar-refractivity contribution in [1.29, 1.82) is 0 Å². The van der Waals surface area contributed by atoms with Gasteiger partial charge in [0.1, 0.15) is 18.0 Å². The summed E-state index contributed by atoms with van der Waals surface area (Å²) in [7, 11) is 1.60. The molecule has 0 radical (unpaired) electrons. The Kier molecular flexibility index (Phi) is 6.49. The Morgan fingerprint density at radius 2 is 1.72 bits per heavy atom. The van der Waals surface area contributed by atoms with Crippen molar-refractivity contribution in [2.75, 3.05) is 13.7 Å². The van der Waals surface area contributed by atoms with Crippen LogP contribution in [0.1, 0.15) is 25.3 Å². The molecular formula is C22H25N3O4. The van der Waals surface area contributed by atoms with Crippen molar-refractivity contribution in [2.24, 2.45) is 0 Å². The number of carbonyl (C=O) groups is 1. The van der Waals surface area contributed by atoms with Crippen molar-refractivity contribution in [3.05, 3.63) is 60.0 Å². The van der Waals surface area contributed by atoms with Crippen LogP contribution in [0.5, 0.6) is 11.5 Å². The van der Waals surface area contributed by atoms with Crippen molar-refractivity contribution < 1.29 is 18.8 Å². The average molecular weight is 395 g/mol. The second-order valence-corrected chi connectivity index (χ2v) is 6.96. The van der Waals surface area contributed by atoms with Crippen LogP contribution in [0.3, 0.4) is 0 Å². The Labute approximate surface area is 170 Å². The zero-order chi connectivity index (χ0) is 20.8. The Morgan fingerprint density at radius 1 is 1.07 bits per heavy atom. The van der Waals surface area contributed by atoms with Crippen LogP contribution >= 0.6 is 0 Å². The standard InChI is InChI=1S/C22H25N3O4/c1-15(2)25(21(26)14-28-19-11-9-18(27-4)10-12-19)13-20-23-22(24-29-20)17-7-5-16(3)6-8-17/h5-12,15H,13-14H2,1-4H3. The average Bonchev–Trinajstić information content (AvgIpc) is 3.19. The van der Waals surface area contributed by atoms with Gasteiger partial charge in [-0.25, -0.2) is 0 Å². The lowest BCUT2D eigenvalue weighted by atomic mass is 10.1. The van der Waals surface area contributed by atoms with Gasteiger partial charge in [-0.3, -0.25) is 4.79 Å². The smallest absolute Gasteiger partial charge is 0.261 e. The van der Waals surface area contributed by atoms with Crippen molar-refractivity contribution in [2.45, 2.75) is 33.4 Å². The molecule has 0 atom stereocenters. The molecule has 0 fully saturated rings. The number of amides is 1. The zero-order valence-corrected chi connectivity index (χ0v) is 17.1.